The highest BCUT2D eigenvalue weighted by molar-refractivity contribution is 5.90. The Balaban J connectivity index is 1.26. The van der Waals surface area contributed by atoms with E-state index in [-0.39, 0.29) is 5.91 Å². The van der Waals surface area contributed by atoms with E-state index >= 15 is 0 Å². The van der Waals surface area contributed by atoms with Gasteiger partial charge in [0.25, 0.3) is 0 Å². The smallest absolute Gasteiger partial charge is 0.224 e. The Labute approximate surface area is 172 Å². The van der Waals surface area contributed by atoms with Gasteiger partial charge < -0.3 is 15.1 Å². The first kappa shape index (κ1) is 19.0. The number of anilines is 3. The van der Waals surface area contributed by atoms with E-state index in [0.717, 1.165) is 44.1 Å². The molecule has 1 aliphatic rings. The number of para-hydroxylation sites is 1. The summed E-state index contributed by atoms with van der Waals surface area (Å²) < 4.78 is 0. The maximum atomic E-state index is 12.2. The normalized spacial score (nSPS) is 13.9. The predicted octanol–water partition coefficient (Wildman–Crippen LogP) is 3.98. The molecule has 1 aliphatic heterocycles. The van der Waals surface area contributed by atoms with Crippen molar-refractivity contribution in [2.24, 2.45) is 0 Å². The molecule has 1 amide bonds. The first-order valence-electron chi connectivity index (χ1n) is 10.1. The van der Waals surface area contributed by atoms with Crippen LogP contribution in [0.4, 0.5) is 17.2 Å². The van der Waals surface area contributed by atoms with Crippen LogP contribution in [0.25, 0.3) is 0 Å². The van der Waals surface area contributed by atoms with Crippen molar-refractivity contribution in [2.75, 3.05) is 41.3 Å². The number of amides is 1. The largest absolute Gasteiger partial charge is 0.368 e. The van der Waals surface area contributed by atoms with E-state index in [4.69, 9.17) is 0 Å². The summed E-state index contributed by atoms with van der Waals surface area (Å²) >= 11 is 0. The molecule has 0 aliphatic carbocycles. The lowest BCUT2D eigenvalue weighted by molar-refractivity contribution is -0.116. The fourth-order valence-corrected chi connectivity index (χ4v) is 3.61. The summed E-state index contributed by atoms with van der Waals surface area (Å²) in [5, 5.41) is 2.94. The number of rotatable bonds is 6. The molecule has 1 saturated heterocycles. The van der Waals surface area contributed by atoms with Crippen LogP contribution in [0, 0.1) is 0 Å². The minimum atomic E-state index is 0.0138. The highest BCUT2D eigenvalue weighted by Gasteiger charge is 2.18. The van der Waals surface area contributed by atoms with E-state index in [1.54, 1.807) is 6.20 Å². The van der Waals surface area contributed by atoms with Crippen LogP contribution >= 0.6 is 0 Å². The monoisotopic (exact) mass is 386 g/mol. The number of aryl methyl sites for hydroxylation is 1. The van der Waals surface area contributed by atoms with Crippen molar-refractivity contribution in [1.29, 1.82) is 0 Å². The van der Waals surface area contributed by atoms with Crippen LogP contribution in [0.5, 0.6) is 0 Å². The van der Waals surface area contributed by atoms with Gasteiger partial charge >= 0.3 is 0 Å². The second-order valence-corrected chi connectivity index (χ2v) is 7.25. The van der Waals surface area contributed by atoms with Crippen molar-refractivity contribution in [3.8, 4) is 0 Å². The van der Waals surface area contributed by atoms with Crippen LogP contribution in [0.2, 0.25) is 0 Å². The van der Waals surface area contributed by atoms with Crippen molar-refractivity contribution in [3.63, 3.8) is 0 Å². The van der Waals surface area contributed by atoms with Crippen molar-refractivity contribution < 1.29 is 4.79 Å². The zero-order valence-electron chi connectivity index (χ0n) is 16.5. The maximum Gasteiger partial charge on any atom is 0.224 e. The average molecular weight is 386 g/mol. The molecule has 2 heterocycles. The zero-order chi connectivity index (χ0) is 19.9. The Bertz CT molecular complexity index is 905. The number of hydrogen-bond donors (Lipinski definition) is 1. The molecular formula is C24H26N4O. The van der Waals surface area contributed by atoms with Crippen LogP contribution in [0.3, 0.4) is 0 Å². The summed E-state index contributed by atoms with van der Waals surface area (Å²) in [6.45, 7) is 3.82. The molecule has 1 N–H and O–H groups in total. The van der Waals surface area contributed by atoms with Gasteiger partial charge in [-0.15, -0.1) is 0 Å². The van der Waals surface area contributed by atoms with E-state index in [0.29, 0.717) is 6.42 Å². The van der Waals surface area contributed by atoms with Gasteiger partial charge in [0.2, 0.25) is 5.91 Å². The van der Waals surface area contributed by atoms with Crippen molar-refractivity contribution >= 4 is 23.1 Å². The Morgan fingerprint density at radius 3 is 2.14 bits per heavy atom. The van der Waals surface area contributed by atoms with Crippen LogP contribution in [-0.2, 0) is 11.2 Å². The summed E-state index contributed by atoms with van der Waals surface area (Å²) in [6.07, 6.45) is 2.95. The molecule has 5 nitrogen and oxygen atoms in total. The molecule has 3 aromatic rings. The third-order valence-electron chi connectivity index (χ3n) is 5.24. The van der Waals surface area contributed by atoms with Gasteiger partial charge in [-0.3, -0.25) is 4.79 Å². The lowest BCUT2D eigenvalue weighted by Gasteiger charge is -2.36. The number of piperazine rings is 1. The Kier molecular flexibility index (Phi) is 6.05. The molecule has 0 radical (unpaired) electrons. The molecule has 0 unspecified atom stereocenters. The van der Waals surface area contributed by atoms with Crippen molar-refractivity contribution in [1.82, 2.24) is 4.98 Å². The molecule has 2 aromatic carbocycles. The SMILES string of the molecule is O=C(CCc1ccccc1)Nc1ccc(N2CCN(c3ccccc3)CC2)nc1. The zero-order valence-corrected chi connectivity index (χ0v) is 16.5. The fourth-order valence-electron chi connectivity index (χ4n) is 3.61. The minimum absolute atomic E-state index is 0.0138. The van der Waals surface area contributed by atoms with E-state index in [9.17, 15) is 4.79 Å². The van der Waals surface area contributed by atoms with Gasteiger partial charge in [0.1, 0.15) is 5.82 Å². The number of nitrogens with zero attached hydrogens (tertiary/aromatic N) is 3. The summed E-state index contributed by atoms with van der Waals surface area (Å²) in [5.41, 5.74) is 3.19. The number of hydrogen-bond acceptors (Lipinski definition) is 4. The van der Waals surface area contributed by atoms with E-state index in [1.165, 1.54) is 11.3 Å². The van der Waals surface area contributed by atoms with Crippen LogP contribution < -0.4 is 15.1 Å². The average Bonchev–Trinajstić information content (AvgIpc) is 2.80. The first-order valence-corrected chi connectivity index (χ1v) is 10.1. The van der Waals surface area contributed by atoms with Gasteiger partial charge in [0, 0.05) is 38.3 Å². The highest BCUT2D eigenvalue weighted by atomic mass is 16.1. The Morgan fingerprint density at radius 1 is 0.828 bits per heavy atom. The lowest BCUT2D eigenvalue weighted by atomic mass is 10.1. The second-order valence-electron chi connectivity index (χ2n) is 7.25. The minimum Gasteiger partial charge on any atom is -0.368 e. The molecule has 1 fully saturated rings. The number of carbonyl (C=O) groups is 1. The van der Waals surface area contributed by atoms with Crippen LogP contribution in [0.15, 0.2) is 79.0 Å². The van der Waals surface area contributed by atoms with Gasteiger partial charge in [0.15, 0.2) is 0 Å². The highest BCUT2D eigenvalue weighted by Crippen LogP contribution is 2.20. The molecule has 0 bridgehead atoms. The Morgan fingerprint density at radius 2 is 1.48 bits per heavy atom. The van der Waals surface area contributed by atoms with E-state index < -0.39 is 0 Å². The summed E-state index contributed by atoms with van der Waals surface area (Å²) in [7, 11) is 0. The fraction of sp³-hybridized carbons (Fsp3) is 0.250. The van der Waals surface area contributed by atoms with Gasteiger partial charge in [-0.1, -0.05) is 48.5 Å². The number of benzene rings is 2. The van der Waals surface area contributed by atoms with Crippen LogP contribution in [0.1, 0.15) is 12.0 Å². The molecule has 5 heteroatoms. The summed E-state index contributed by atoms with van der Waals surface area (Å²) in [4.78, 5) is 21.4. The molecule has 0 atom stereocenters. The van der Waals surface area contributed by atoms with Crippen molar-refractivity contribution in [2.45, 2.75) is 12.8 Å². The standard InChI is InChI=1S/C24H26N4O/c29-24(14-11-20-7-3-1-4-8-20)26-21-12-13-23(25-19-21)28-17-15-27(16-18-28)22-9-5-2-6-10-22/h1-10,12-13,19H,11,14-18H2,(H,26,29). The lowest BCUT2D eigenvalue weighted by Crippen LogP contribution is -2.46. The summed E-state index contributed by atoms with van der Waals surface area (Å²) in [6, 6.07) is 24.5. The van der Waals surface area contributed by atoms with E-state index in [1.807, 2.05) is 48.5 Å². The molecule has 0 spiro atoms. The summed E-state index contributed by atoms with van der Waals surface area (Å²) in [5.74, 6) is 0.972. The third kappa shape index (κ3) is 5.13. The molecule has 4 rings (SSSR count). The molecular weight excluding hydrogens is 360 g/mol. The number of aromatic nitrogens is 1. The molecule has 1 aromatic heterocycles. The van der Waals surface area contributed by atoms with Crippen molar-refractivity contribution in [3.05, 3.63) is 84.6 Å². The molecule has 148 valence electrons. The van der Waals surface area contributed by atoms with Gasteiger partial charge in [0.05, 0.1) is 11.9 Å². The van der Waals surface area contributed by atoms with Gasteiger partial charge in [-0.05, 0) is 36.2 Å². The quantitative estimate of drug-likeness (QED) is 0.696. The molecule has 0 saturated carbocycles. The third-order valence-corrected chi connectivity index (χ3v) is 5.24. The van der Waals surface area contributed by atoms with Gasteiger partial charge in [-0.2, -0.15) is 0 Å². The number of pyridine rings is 1. The molecule has 29 heavy (non-hydrogen) atoms. The predicted molar refractivity (Wildman–Crippen MR) is 118 cm³/mol. The Hall–Kier alpha value is -3.34. The number of nitrogens with one attached hydrogen (secondary N) is 1. The van der Waals surface area contributed by atoms with E-state index in [2.05, 4.69) is 44.4 Å². The topological polar surface area (TPSA) is 48.5 Å². The van der Waals surface area contributed by atoms with Crippen LogP contribution in [-0.4, -0.2) is 37.1 Å². The first-order chi connectivity index (χ1) is 14.3. The van der Waals surface area contributed by atoms with Gasteiger partial charge in [-0.25, -0.2) is 4.98 Å². The second kappa shape index (κ2) is 9.24. The number of carbonyl (C=O) groups excluding carboxylic acids is 1. The maximum absolute atomic E-state index is 12.2.